The smallest absolute Gasteiger partial charge is 0.331 e. The summed E-state index contributed by atoms with van der Waals surface area (Å²) < 4.78 is 0.956. The zero-order chi connectivity index (χ0) is 12.6. The van der Waals surface area contributed by atoms with E-state index in [4.69, 9.17) is 0 Å². The summed E-state index contributed by atoms with van der Waals surface area (Å²) in [6, 6.07) is 3.58. The molecule has 1 aliphatic rings. The third-order valence-electron chi connectivity index (χ3n) is 2.82. The number of hydroxylamine groups is 1. The minimum Gasteiger partial charge on any atom is -0.714 e. The van der Waals surface area contributed by atoms with Crippen LogP contribution in [0.4, 0.5) is 0 Å². The molecule has 0 spiro atoms. The highest BCUT2D eigenvalue weighted by Crippen LogP contribution is 2.21. The minimum atomic E-state index is -0.637. The van der Waals surface area contributed by atoms with Crippen LogP contribution in [0, 0.1) is 5.21 Å². The fourth-order valence-electron chi connectivity index (χ4n) is 1.97. The van der Waals surface area contributed by atoms with Crippen molar-refractivity contribution >= 4 is 11.7 Å². The van der Waals surface area contributed by atoms with E-state index in [0.29, 0.717) is 5.84 Å². The van der Waals surface area contributed by atoms with E-state index in [1.54, 1.807) is 24.5 Å². The predicted molar refractivity (Wildman–Crippen MR) is 67.2 cm³/mol. The highest BCUT2D eigenvalue weighted by molar-refractivity contribution is 6.09. The Kier molecular flexibility index (Phi) is 2.61. The van der Waals surface area contributed by atoms with Crippen LogP contribution in [0.15, 0.2) is 29.5 Å². The molecule has 0 aromatic carbocycles. The first-order valence-electron chi connectivity index (χ1n) is 5.46. The van der Waals surface area contributed by atoms with E-state index >= 15 is 0 Å². The third-order valence-corrected chi connectivity index (χ3v) is 2.82. The van der Waals surface area contributed by atoms with E-state index in [9.17, 15) is 5.21 Å². The highest BCUT2D eigenvalue weighted by atomic mass is 16.5. The van der Waals surface area contributed by atoms with Gasteiger partial charge in [-0.05, 0) is 31.0 Å². The van der Waals surface area contributed by atoms with Crippen molar-refractivity contribution in [1.82, 2.24) is 9.88 Å². The lowest BCUT2D eigenvalue weighted by molar-refractivity contribution is -0.514. The normalized spacial score (nSPS) is 18.2. The van der Waals surface area contributed by atoms with Gasteiger partial charge < -0.3 is 10.1 Å². The van der Waals surface area contributed by atoms with Crippen LogP contribution in [0.5, 0.6) is 0 Å². The lowest BCUT2D eigenvalue weighted by Crippen LogP contribution is -2.45. The summed E-state index contributed by atoms with van der Waals surface area (Å²) in [5, 5.41) is 12.3. The van der Waals surface area contributed by atoms with Crippen molar-refractivity contribution < 1.29 is 4.74 Å². The predicted octanol–water partition coefficient (Wildman–Crippen LogP) is 1.09. The fraction of sp³-hybridized carbons (Fsp3) is 0.417. The Hall–Kier alpha value is -1.91. The molecule has 0 unspecified atom stereocenters. The number of aromatic nitrogens is 1. The van der Waals surface area contributed by atoms with Gasteiger partial charge in [0.15, 0.2) is 5.54 Å². The molecular formula is C12H16N4O. The molecule has 0 saturated carbocycles. The van der Waals surface area contributed by atoms with Crippen LogP contribution in [0.25, 0.3) is 0 Å². The maximum absolute atomic E-state index is 12.3. The van der Waals surface area contributed by atoms with Gasteiger partial charge in [-0.25, -0.2) is 4.74 Å². The number of aliphatic imine (C=N–C) groups is 1. The van der Waals surface area contributed by atoms with E-state index in [0.717, 1.165) is 16.1 Å². The van der Waals surface area contributed by atoms with Crippen LogP contribution >= 0.6 is 0 Å². The van der Waals surface area contributed by atoms with Crippen LogP contribution in [0.1, 0.15) is 19.4 Å². The van der Waals surface area contributed by atoms with Crippen molar-refractivity contribution in [2.24, 2.45) is 4.99 Å². The molecule has 0 bridgehead atoms. The van der Waals surface area contributed by atoms with Crippen molar-refractivity contribution in [2.45, 2.75) is 19.4 Å². The second kappa shape index (κ2) is 3.84. The Balaban J connectivity index is 2.52. The second-order valence-corrected chi connectivity index (χ2v) is 4.74. The summed E-state index contributed by atoms with van der Waals surface area (Å²) in [5.74, 6) is 1.21. The maximum atomic E-state index is 12.3. The summed E-state index contributed by atoms with van der Waals surface area (Å²) in [6.45, 7) is 3.74. The summed E-state index contributed by atoms with van der Waals surface area (Å²) in [7, 11) is 3.79. The summed E-state index contributed by atoms with van der Waals surface area (Å²) >= 11 is 0. The van der Waals surface area contributed by atoms with E-state index in [1.807, 2.05) is 32.8 Å². The molecular weight excluding hydrogens is 216 g/mol. The number of rotatable bonds is 1. The minimum absolute atomic E-state index is 0.445. The number of nitrogens with zero attached hydrogens (tertiary/aromatic N) is 4. The van der Waals surface area contributed by atoms with Crippen LogP contribution in [-0.2, 0) is 0 Å². The van der Waals surface area contributed by atoms with Gasteiger partial charge in [0, 0.05) is 26.5 Å². The highest BCUT2D eigenvalue weighted by Gasteiger charge is 2.43. The quantitative estimate of drug-likeness (QED) is 0.538. The molecule has 0 fully saturated rings. The molecule has 0 amide bonds. The van der Waals surface area contributed by atoms with Gasteiger partial charge in [-0.3, -0.25) is 4.98 Å². The Morgan fingerprint density at radius 3 is 2.29 bits per heavy atom. The van der Waals surface area contributed by atoms with E-state index in [-0.39, 0.29) is 0 Å². The Morgan fingerprint density at radius 1 is 1.24 bits per heavy atom. The molecule has 5 nitrogen and oxygen atoms in total. The van der Waals surface area contributed by atoms with E-state index in [2.05, 4.69) is 9.98 Å². The zero-order valence-corrected chi connectivity index (χ0v) is 10.5. The SMILES string of the molecule is CN(C)C1=NC(c2ccncc2)=[N+]([O-])C1(C)C. The topological polar surface area (TPSA) is 54.6 Å². The van der Waals surface area contributed by atoms with Crippen molar-refractivity contribution in [1.29, 1.82) is 0 Å². The average Bonchev–Trinajstić information content (AvgIpc) is 2.52. The summed E-state index contributed by atoms with van der Waals surface area (Å²) in [6.07, 6.45) is 3.32. The number of pyridine rings is 1. The molecule has 90 valence electrons. The molecule has 2 rings (SSSR count). The fourth-order valence-corrected chi connectivity index (χ4v) is 1.97. The van der Waals surface area contributed by atoms with Crippen LogP contribution in [0.3, 0.4) is 0 Å². The Morgan fingerprint density at radius 2 is 1.82 bits per heavy atom. The van der Waals surface area contributed by atoms with Crippen molar-refractivity contribution in [3.05, 3.63) is 35.3 Å². The molecule has 5 heteroatoms. The molecule has 1 aliphatic heterocycles. The maximum Gasteiger partial charge on any atom is 0.331 e. The summed E-state index contributed by atoms with van der Waals surface area (Å²) in [4.78, 5) is 10.3. The Bertz CT molecular complexity index is 488. The largest absolute Gasteiger partial charge is 0.714 e. The molecule has 1 aromatic rings. The first-order valence-corrected chi connectivity index (χ1v) is 5.46. The van der Waals surface area contributed by atoms with Crippen molar-refractivity contribution in [3.8, 4) is 0 Å². The molecule has 0 N–H and O–H groups in total. The second-order valence-electron chi connectivity index (χ2n) is 4.74. The number of amidine groups is 2. The van der Waals surface area contributed by atoms with Gasteiger partial charge in [0.2, 0.25) is 0 Å². The average molecular weight is 232 g/mol. The first-order chi connectivity index (χ1) is 7.94. The number of hydrogen-bond acceptors (Lipinski definition) is 4. The standard InChI is InChI=1S/C12H16N4O/c1-12(2)11(15(3)4)14-10(16(12)17)9-5-7-13-8-6-9/h5-8H,1-4H3. The van der Waals surface area contributed by atoms with Crippen LogP contribution in [-0.4, -0.2) is 45.9 Å². The molecule has 0 aliphatic carbocycles. The van der Waals surface area contributed by atoms with Crippen molar-refractivity contribution in [2.75, 3.05) is 14.1 Å². The van der Waals surface area contributed by atoms with Gasteiger partial charge >= 0.3 is 5.84 Å². The number of likely N-dealkylation sites (N-methyl/N-ethyl adjacent to an activating group) is 1. The lowest BCUT2D eigenvalue weighted by Gasteiger charge is -2.26. The zero-order valence-electron chi connectivity index (χ0n) is 10.5. The van der Waals surface area contributed by atoms with Gasteiger partial charge in [0.05, 0.1) is 5.56 Å². The molecule has 1 aromatic heterocycles. The van der Waals surface area contributed by atoms with Gasteiger partial charge in [-0.15, -0.1) is 0 Å². The first kappa shape index (κ1) is 11.6. The van der Waals surface area contributed by atoms with Crippen LogP contribution in [0.2, 0.25) is 0 Å². The van der Waals surface area contributed by atoms with Gasteiger partial charge in [0.1, 0.15) is 0 Å². The van der Waals surface area contributed by atoms with Gasteiger partial charge in [0.25, 0.3) is 5.84 Å². The van der Waals surface area contributed by atoms with Gasteiger partial charge in [-0.2, -0.15) is 0 Å². The molecule has 0 atom stereocenters. The van der Waals surface area contributed by atoms with E-state index < -0.39 is 5.54 Å². The van der Waals surface area contributed by atoms with Crippen molar-refractivity contribution in [3.63, 3.8) is 0 Å². The monoisotopic (exact) mass is 232 g/mol. The van der Waals surface area contributed by atoms with Crippen LogP contribution < -0.4 is 0 Å². The summed E-state index contributed by atoms with van der Waals surface area (Å²) in [5.41, 5.74) is 0.155. The molecule has 17 heavy (non-hydrogen) atoms. The molecule has 0 radical (unpaired) electrons. The lowest BCUT2D eigenvalue weighted by atomic mass is 10.1. The Labute approximate surface area is 101 Å². The van der Waals surface area contributed by atoms with E-state index in [1.165, 1.54) is 0 Å². The number of hydrogen-bond donors (Lipinski definition) is 0. The van der Waals surface area contributed by atoms with Gasteiger partial charge in [-0.1, -0.05) is 0 Å². The third kappa shape index (κ3) is 1.77. The molecule has 2 heterocycles. The molecule has 0 saturated heterocycles.